The van der Waals surface area contributed by atoms with Crippen molar-refractivity contribution in [2.75, 3.05) is 32.6 Å². The van der Waals surface area contributed by atoms with Crippen molar-refractivity contribution in [2.45, 2.75) is 31.0 Å². The Morgan fingerprint density at radius 3 is 2.63 bits per heavy atom. The van der Waals surface area contributed by atoms with Gasteiger partial charge in [-0.2, -0.15) is 9.36 Å². The van der Waals surface area contributed by atoms with Crippen molar-refractivity contribution in [1.82, 2.24) is 29.7 Å². The second-order valence-corrected chi connectivity index (χ2v) is 7.38. The van der Waals surface area contributed by atoms with E-state index in [9.17, 15) is 24.9 Å². The van der Waals surface area contributed by atoms with Crippen molar-refractivity contribution >= 4 is 40.1 Å². The Balaban J connectivity index is 2.02. The fraction of sp³-hybridized carbons (Fsp3) is 0.600. The van der Waals surface area contributed by atoms with Crippen molar-refractivity contribution in [1.29, 1.82) is 0 Å². The third-order valence-electron chi connectivity index (χ3n) is 4.52. The van der Waals surface area contributed by atoms with Gasteiger partial charge in [-0.3, -0.25) is 9.59 Å². The fourth-order valence-electron chi connectivity index (χ4n) is 2.95. The minimum Gasteiger partial charge on any atom is -0.394 e. The van der Waals surface area contributed by atoms with Crippen LogP contribution >= 0.6 is 12.2 Å². The second kappa shape index (κ2) is 8.66. The summed E-state index contributed by atoms with van der Waals surface area (Å²) in [4.78, 5) is 27.0. The number of nitrogens with two attached hydrogens (primary N) is 1. The van der Waals surface area contributed by atoms with E-state index in [1.54, 1.807) is 0 Å². The summed E-state index contributed by atoms with van der Waals surface area (Å²) in [6.07, 6.45) is -5.33. The number of carbonyl (C=O) groups is 1. The smallest absolute Gasteiger partial charge is 0.299 e. The van der Waals surface area contributed by atoms with Gasteiger partial charge in [0.05, 0.1) is 6.61 Å². The number of aliphatic hydroxyl groups excluding tert-OH is 3. The lowest BCUT2D eigenvalue weighted by atomic mass is 10.1. The van der Waals surface area contributed by atoms with Gasteiger partial charge in [-0.15, -0.1) is 10.2 Å². The summed E-state index contributed by atoms with van der Waals surface area (Å²) >= 11 is 4.93. The van der Waals surface area contributed by atoms with E-state index < -0.39 is 36.7 Å². The average Bonchev–Trinajstić information content (AvgIpc) is 3.19. The standard InChI is InChI=1S/C15H22N8O6S/c1-21(2)4-3-7(25)17-12-8-9(22(19-12)15(16)30)13(28)23(20-18-8)14-11(27)10(26)6(5-24)29-14/h6,10-11,14,24,26-27H,3-5H2,1-2H3,(H2,16,30)(H,17,19,25). The maximum atomic E-state index is 13.0. The highest BCUT2D eigenvalue weighted by Crippen LogP contribution is 2.28. The lowest BCUT2D eigenvalue weighted by Crippen LogP contribution is -2.37. The third-order valence-corrected chi connectivity index (χ3v) is 4.70. The van der Waals surface area contributed by atoms with Gasteiger partial charge in [-0.05, 0) is 26.3 Å². The van der Waals surface area contributed by atoms with E-state index in [0.29, 0.717) is 11.2 Å². The molecule has 3 rings (SSSR count). The van der Waals surface area contributed by atoms with Crippen LogP contribution in [0.4, 0.5) is 5.82 Å². The van der Waals surface area contributed by atoms with Gasteiger partial charge in [0, 0.05) is 13.0 Å². The Morgan fingerprint density at radius 1 is 1.37 bits per heavy atom. The molecule has 0 aromatic carbocycles. The third kappa shape index (κ3) is 4.03. The van der Waals surface area contributed by atoms with Gasteiger partial charge < -0.3 is 36.0 Å². The SMILES string of the molecule is CN(C)CCC(=O)Nc1nn(C(N)=S)c2c(=O)n(C3OC(CO)C(O)C3O)nnc12. The maximum Gasteiger partial charge on any atom is 0.299 e. The van der Waals surface area contributed by atoms with Crippen LogP contribution < -0.4 is 16.6 Å². The molecule has 1 aliphatic rings. The van der Waals surface area contributed by atoms with Gasteiger partial charge in [0.1, 0.15) is 18.3 Å². The number of thiocarbonyl (C=S) groups is 1. The first-order valence-corrected chi connectivity index (χ1v) is 9.31. The normalized spacial score (nSPS) is 23.9. The number of fused-ring (bicyclic) bond motifs is 1. The number of carbonyl (C=O) groups excluding carboxylic acids is 1. The molecule has 6 N–H and O–H groups in total. The van der Waals surface area contributed by atoms with E-state index >= 15 is 0 Å². The Labute approximate surface area is 174 Å². The van der Waals surface area contributed by atoms with Crippen molar-refractivity contribution in [2.24, 2.45) is 5.73 Å². The van der Waals surface area contributed by atoms with E-state index in [1.165, 1.54) is 0 Å². The molecule has 1 saturated heterocycles. The second-order valence-electron chi connectivity index (χ2n) is 6.97. The molecule has 1 amide bonds. The summed E-state index contributed by atoms with van der Waals surface area (Å²) in [6, 6.07) is 0. The van der Waals surface area contributed by atoms with Crippen LogP contribution in [-0.2, 0) is 9.53 Å². The van der Waals surface area contributed by atoms with Gasteiger partial charge in [0.2, 0.25) is 5.91 Å². The highest BCUT2D eigenvalue weighted by Gasteiger charge is 2.45. The molecule has 164 valence electrons. The van der Waals surface area contributed by atoms with Gasteiger partial charge in [0.15, 0.2) is 28.2 Å². The lowest BCUT2D eigenvalue weighted by molar-refractivity contribution is -0.116. The Morgan fingerprint density at radius 2 is 2.07 bits per heavy atom. The number of aliphatic hydroxyl groups is 3. The van der Waals surface area contributed by atoms with Crippen LogP contribution in [0.15, 0.2) is 4.79 Å². The van der Waals surface area contributed by atoms with E-state index in [2.05, 4.69) is 20.7 Å². The monoisotopic (exact) mass is 442 g/mol. The van der Waals surface area contributed by atoms with Crippen LogP contribution in [0.5, 0.6) is 0 Å². The molecule has 0 bridgehead atoms. The molecule has 3 heterocycles. The highest BCUT2D eigenvalue weighted by atomic mass is 32.1. The van der Waals surface area contributed by atoms with Crippen LogP contribution in [0.3, 0.4) is 0 Å². The number of hydrogen-bond acceptors (Lipinski definition) is 11. The van der Waals surface area contributed by atoms with E-state index in [4.69, 9.17) is 22.7 Å². The number of anilines is 1. The molecular formula is C15H22N8O6S. The predicted molar refractivity (Wildman–Crippen MR) is 107 cm³/mol. The van der Waals surface area contributed by atoms with Crippen LogP contribution in [-0.4, -0.2) is 102 Å². The first-order valence-electron chi connectivity index (χ1n) is 8.90. The number of amides is 1. The Hall–Kier alpha value is -2.56. The molecule has 14 nitrogen and oxygen atoms in total. The van der Waals surface area contributed by atoms with Crippen molar-refractivity contribution in [3.8, 4) is 0 Å². The summed E-state index contributed by atoms with van der Waals surface area (Å²) in [5.41, 5.74) is 4.56. The van der Waals surface area contributed by atoms with Gasteiger partial charge in [-0.25, -0.2) is 0 Å². The summed E-state index contributed by atoms with van der Waals surface area (Å²) in [5.74, 6) is -0.424. The molecule has 15 heteroatoms. The first kappa shape index (κ1) is 22.1. The van der Waals surface area contributed by atoms with Crippen LogP contribution in [0.1, 0.15) is 12.6 Å². The summed E-state index contributed by atoms with van der Waals surface area (Å²) < 4.78 is 6.93. The van der Waals surface area contributed by atoms with E-state index in [0.717, 1.165) is 4.68 Å². The van der Waals surface area contributed by atoms with E-state index in [-0.39, 0.29) is 34.3 Å². The largest absolute Gasteiger partial charge is 0.394 e. The van der Waals surface area contributed by atoms with Gasteiger partial charge in [-0.1, -0.05) is 5.21 Å². The van der Waals surface area contributed by atoms with Crippen molar-refractivity contribution in [3.63, 3.8) is 0 Å². The molecule has 2 aromatic rings. The average molecular weight is 442 g/mol. The van der Waals surface area contributed by atoms with Gasteiger partial charge in [0.25, 0.3) is 5.56 Å². The number of hydrogen-bond donors (Lipinski definition) is 5. The molecule has 1 fully saturated rings. The fourth-order valence-corrected chi connectivity index (χ4v) is 3.08. The van der Waals surface area contributed by atoms with Crippen molar-refractivity contribution < 1.29 is 24.9 Å². The predicted octanol–water partition coefficient (Wildman–Crippen LogP) is -3.42. The number of nitrogens with zero attached hydrogens (tertiary/aromatic N) is 6. The molecule has 0 saturated carbocycles. The van der Waals surface area contributed by atoms with Crippen LogP contribution in [0.25, 0.3) is 11.0 Å². The topological polar surface area (TPSA) is 194 Å². The highest BCUT2D eigenvalue weighted by molar-refractivity contribution is 7.80. The molecule has 4 atom stereocenters. The van der Waals surface area contributed by atoms with Crippen LogP contribution in [0, 0.1) is 0 Å². The Kier molecular flexibility index (Phi) is 6.39. The molecule has 0 radical (unpaired) electrons. The van der Waals surface area contributed by atoms with Crippen molar-refractivity contribution in [3.05, 3.63) is 10.4 Å². The quantitative estimate of drug-likeness (QED) is 0.279. The molecule has 0 spiro atoms. The van der Waals surface area contributed by atoms with Gasteiger partial charge >= 0.3 is 0 Å². The molecule has 0 aliphatic carbocycles. The molecule has 2 aromatic heterocycles. The number of rotatable bonds is 6. The minimum atomic E-state index is -1.54. The molecule has 30 heavy (non-hydrogen) atoms. The number of ether oxygens (including phenoxy) is 1. The summed E-state index contributed by atoms with van der Waals surface area (Å²) in [6.45, 7) is -0.0867. The minimum absolute atomic E-state index is 0.0561. The Bertz CT molecular complexity index is 1020. The van der Waals surface area contributed by atoms with Crippen LogP contribution in [0.2, 0.25) is 0 Å². The molecule has 4 unspecified atom stereocenters. The zero-order valence-corrected chi connectivity index (χ0v) is 17.0. The first-order chi connectivity index (χ1) is 14.1. The number of aromatic nitrogens is 5. The molecule has 1 aliphatic heterocycles. The summed E-state index contributed by atoms with van der Waals surface area (Å²) in [7, 11) is 3.63. The summed E-state index contributed by atoms with van der Waals surface area (Å²) in [5, 5.41) is 43.3. The molecular weight excluding hydrogens is 420 g/mol. The van der Waals surface area contributed by atoms with E-state index in [1.807, 2.05) is 19.0 Å². The zero-order valence-electron chi connectivity index (χ0n) is 16.2. The maximum absolute atomic E-state index is 13.0. The lowest BCUT2D eigenvalue weighted by Gasteiger charge is -2.15. The zero-order chi connectivity index (χ0) is 22.2. The number of nitrogens with one attached hydrogen (secondary N) is 1.